The Hall–Kier alpha value is -2.70. The fraction of sp³-hybridized carbons (Fsp3) is 0.231. The molecule has 3 N–H and O–H groups in total. The third kappa shape index (κ3) is 3.41. The van der Waals surface area contributed by atoms with Gasteiger partial charge in [-0.3, -0.25) is 4.79 Å². The van der Waals surface area contributed by atoms with Crippen LogP contribution < -0.4 is 10.6 Å². The topological polar surface area (TPSA) is 104 Å². The van der Waals surface area contributed by atoms with Crippen molar-refractivity contribution in [2.75, 3.05) is 6.54 Å². The summed E-state index contributed by atoms with van der Waals surface area (Å²) in [6, 6.07) is 7.03. The Morgan fingerprint density at radius 1 is 1.20 bits per heavy atom. The average Bonchev–Trinajstić information content (AvgIpc) is 2.43. The van der Waals surface area contributed by atoms with E-state index in [9.17, 15) is 9.59 Å². The number of carbonyl (C=O) groups is 2. The van der Waals surface area contributed by atoms with Crippen LogP contribution in [-0.4, -0.2) is 33.6 Å². The number of carboxylic acid groups (broad SMARTS) is 1. The molecule has 0 unspecified atom stereocenters. The summed E-state index contributed by atoms with van der Waals surface area (Å²) in [7, 11) is 0. The molecule has 0 atom stereocenters. The molecular weight excluding hydrogens is 260 g/mol. The average molecular weight is 274 g/mol. The van der Waals surface area contributed by atoms with Gasteiger partial charge in [0, 0.05) is 11.1 Å². The molecular formula is C13H14N4O3. The molecule has 7 nitrogen and oxygen atoms in total. The van der Waals surface area contributed by atoms with Gasteiger partial charge in [0.1, 0.15) is 12.4 Å². The fourth-order valence-corrected chi connectivity index (χ4v) is 1.75. The summed E-state index contributed by atoms with van der Waals surface area (Å²) in [5, 5.41) is 14.1. The molecule has 104 valence electrons. The van der Waals surface area contributed by atoms with Crippen molar-refractivity contribution in [2.45, 2.75) is 13.5 Å². The summed E-state index contributed by atoms with van der Waals surface area (Å²) >= 11 is 0. The predicted molar refractivity (Wildman–Crippen MR) is 72.1 cm³/mol. The van der Waals surface area contributed by atoms with Crippen LogP contribution in [0.2, 0.25) is 0 Å². The number of amides is 2. The third-order valence-corrected chi connectivity index (χ3v) is 2.65. The van der Waals surface area contributed by atoms with Crippen molar-refractivity contribution in [3.63, 3.8) is 0 Å². The van der Waals surface area contributed by atoms with Gasteiger partial charge in [-0.05, 0) is 13.0 Å². The molecule has 1 aromatic carbocycles. The minimum atomic E-state index is -1.10. The molecule has 0 saturated heterocycles. The summed E-state index contributed by atoms with van der Waals surface area (Å²) in [6.45, 7) is 1.58. The molecule has 0 fully saturated rings. The molecule has 0 aliphatic rings. The van der Waals surface area contributed by atoms with E-state index in [-0.39, 0.29) is 6.54 Å². The van der Waals surface area contributed by atoms with Crippen molar-refractivity contribution in [3.05, 3.63) is 35.8 Å². The van der Waals surface area contributed by atoms with Crippen molar-refractivity contribution in [3.8, 4) is 0 Å². The quantitative estimate of drug-likeness (QED) is 0.765. The molecule has 2 rings (SSSR count). The summed E-state index contributed by atoms with van der Waals surface area (Å²) in [6.07, 6.45) is 0. The van der Waals surface area contributed by atoms with Gasteiger partial charge in [0.15, 0.2) is 0 Å². The maximum absolute atomic E-state index is 11.3. The van der Waals surface area contributed by atoms with Gasteiger partial charge in [0.05, 0.1) is 12.1 Å². The van der Waals surface area contributed by atoms with E-state index in [1.54, 1.807) is 0 Å². The minimum Gasteiger partial charge on any atom is -0.480 e. The zero-order chi connectivity index (χ0) is 14.5. The molecule has 0 saturated carbocycles. The maximum Gasteiger partial charge on any atom is 0.323 e. The second-order valence-corrected chi connectivity index (χ2v) is 4.17. The smallest absolute Gasteiger partial charge is 0.323 e. The highest BCUT2D eigenvalue weighted by Gasteiger charge is 2.06. The van der Waals surface area contributed by atoms with E-state index in [1.807, 2.05) is 31.2 Å². The maximum atomic E-state index is 11.3. The Bertz CT molecular complexity index is 657. The monoisotopic (exact) mass is 274 g/mol. The van der Waals surface area contributed by atoms with Gasteiger partial charge in [-0.1, -0.05) is 18.2 Å². The molecule has 0 radical (unpaired) electrons. The largest absolute Gasteiger partial charge is 0.480 e. The Morgan fingerprint density at radius 3 is 2.70 bits per heavy atom. The van der Waals surface area contributed by atoms with Gasteiger partial charge in [-0.25, -0.2) is 14.8 Å². The van der Waals surface area contributed by atoms with E-state index in [4.69, 9.17) is 5.11 Å². The Morgan fingerprint density at radius 2 is 1.95 bits per heavy atom. The van der Waals surface area contributed by atoms with Crippen molar-refractivity contribution < 1.29 is 14.7 Å². The number of fused-ring (bicyclic) bond motifs is 1. The summed E-state index contributed by atoms with van der Waals surface area (Å²) in [4.78, 5) is 30.3. The molecule has 0 aliphatic heterocycles. The molecule has 2 amide bonds. The van der Waals surface area contributed by atoms with Crippen molar-refractivity contribution in [1.29, 1.82) is 0 Å². The lowest BCUT2D eigenvalue weighted by Crippen LogP contribution is -2.38. The highest BCUT2D eigenvalue weighted by Crippen LogP contribution is 2.14. The number of carboxylic acids is 1. The zero-order valence-corrected chi connectivity index (χ0v) is 10.9. The van der Waals surface area contributed by atoms with Crippen LogP contribution in [0, 0.1) is 6.92 Å². The van der Waals surface area contributed by atoms with Crippen molar-refractivity contribution >= 4 is 22.9 Å². The van der Waals surface area contributed by atoms with E-state index in [2.05, 4.69) is 20.6 Å². The van der Waals surface area contributed by atoms with E-state index >= 15 is 0 Å². The Balaban J connectivity index is 2.03. The first-order valence-corrected chi connectivity index (χ1v) is 6.02. The van der Waals surface area contributed by atoms with Gasteiger partial charge < -0.3 is 15.7 Å². The number of benzene rings is 1. The van der Waals surface area contributed by atoms with Crippen LogP contribution >= 0.6 is 0 Å². The molecule has 2 aromatic rings. The molecule has 7 heteroatoms. The highest BCUT2D eigenvalue weighted by atomic mass is 16.4. The third-order valence-electron chi connectivity index (χ3n) is 2.65. The standard InChI is InChI=1S/C13H14N4O3/c1-8-9-4-2-3-5-10(9)17-11(16-8)6-14-13(20)15-7-12(18)19/h2-5H,6-7H2,1H3,(H,18,19)(H2,14,15,20). The van der Waals surface area contributed by atoms with Crippen LogP contribution in [0.1, 0.15) is 11.5 Å². The predicted octanol–water partition coefficient (Wildman–Crippen LogP) is 0.822. The van der Waals surface area contributed by atoms with Crippen molar-refractivity contribution in [2.24, 2.45) is 0 Å². The second-order valence-electron chi connectivity index (χ2n) is 4.17. The number of nitrogens with one attached hydrogen (secondary N) is 2. The zero-order valence-electron chi connectivity index (χ0n) is 10.9. The lowest BCUT2D eigenvalue weighted by Gasteiger charge is -2.07. The Kier molecular flexibility index (Phi) is 4.09. The van der Waals surface area contributed by atoms with Gasteiger partial charge >= 0.3 is 12.0 Å². The molecule has 0 spiro atoms. The molecule has 0 aliphatic carbocycles. The van der Waals surface area contributed by atoms with E-state index < -0.39 is 18.5 Å². The lowest BCUT2D eigenvalue weighted by atomic mass is 10.2. The van der Waals surface area contributed by atoms with Crippen LogP contribution in [0.5, 0.6) is 0 Å². The van der Waals surface area contributed by atoms with Gasteiger partial charge in [-0.15, -0.1) is 0 Å². The van der Waals surface area contributed by atoms with E-state index in [1.165, 1.54) is 0 Å². The van der Waals surface area contributed by atoms with E-state index in [0.29, 0.717) is 5.82 Å². The van der Waals surface area contributed by atoms with Crippen LogP contribution in [0.15, 0.2) is 24.3 Å². The number of rotatable bonds is 4. The van der Waals surface area contributed by atoms with Crippen LogP contribution in [-0.2, 0) is 11.3 Å². The number of hydrogen-bond acceptors (Lipinski definition) is 4. The number of nitrogens with zero attached hydrogens (tertiary/aromatic N) is 2. The highest BCUT2D eigenvalue weighted by molar-refractivity contribution is 5.81. The minimum absolute atomic E-state index is 0.136. The van der Waals surface area contributed by atoms with Gasteiger partial charge in [0.25, 0.3) is 0 Å². The first kappa shape index (κ1) is 13.7. The Labute approximate surface area is 115 Å². The normalized spacial score (nSPS) is 10.2. The number of para-hydroxylation sites is 1. The SMILES string of the molecule is Cc1nc(CNC(=O)NCC(=O)O)nc2ccccc12. The van der Waals surface area contributed by atoms with Crippen LogP contribution in [0.4, 0.5) is 4.79 Å². The number of carbonyl (C=O) groups excluding carboxylic acids is 1. The van der Waals surface area contributed by atoms with Crippen LogP contribution in [0.3, 0.4) is 0 Å². The summed E-state index contributed by atoms with van der Waals surface area (Å²) in [5.74, 6) is -0.621. The number of aliphatic carboxylic acids is 1. The number of hydrogen-bond donors (Lipinski definition) is 3. The molecule has 1 aromatic heterocycles. The van der Waals surface area contributed by atoms with Gasteiger partial charge in [0.2, 0.25) is 0 Å². The lowest BCUT2D eigenvalue weighted by molar-refractivity contribution is -0.135. The second kappa shape index (κ2) is 5.96. The first-order chi connectivity index (χ1) is 9.56. The summed E-state index contributed by atoms with van der Waals surface area (Å²) in [5.41, 5.74) is 1.64. The van der Waals surface area contributed by atoms with E-state index in [0.717, 1.165) is 16.6 Å². The fourth-order valence-electron chi connectivity index (χ4n) is 1.75. The first-order valence-electron chi connectivity index (χ1n) is 6.02. The van der Waals surface area contributed by atoms with Crippen molar-refractivity contribution in [1.82, 2.24) is 20.6 Å². The molecule has 1 heterocycles. The van der Waals surface area contributed by atoms with Gasteiger partial charge in [-0.2, -0.15) is 0 Å². The van der Waals surface area contributed by atoms with Crippen LogP contribution in [0.25, 0.3) is 10.9 Å². The number of aryl methyl sites for hydroxylation is 1. The number of aromatic nitrogens is 2. The molecule has 0 bridgehead atoms. The summed E-state index contributed by atoms with van der Waals surface area (Å²) < 4.78 is 0. The number of urea groups is 1. The molecule has 20 heavy (non-hydrogen) atoms.